The van der Waals surface area contributed by atoms with Crippen LogP contribution in [0.4, 0.5) is 0 Å². The molecule has 2 heterocycles. The predicted molar refractivity (Wildman–Crippen MR) is 99.8 cm³/mol. The Morgan fingerprint density at radius 1 is 0.792 bits per heavy atom. The van der Waals surface area contributed by atoms with Gasteiger partial charge in [-0.1, -0.05) is 12.1 Å². The van der Waals surface area contributed by atoms with Gasteiger partial charge in [0.15, 0.2) is 5.52 Å². The van der Waals surface area contributed by atoms with Crippen LogP contribution in [-0.4, -0.2) is 9.90 Å². The highest BCUT2D eigenvalue weighted by Gasteiger charge is 2.26. The molecule has 0 atom stereocenters. The first-order valence-corrected chi connectivity index (χ1v) is 8.51. The number of aryl methyl sites for hydroxylation is 5. The van der Waals surface area contributed by atoms with Crippen molar-refractivity contribution in [2.75, 3.05) is 0 Å². The van der Waals surface area contributed by atoms with Crippen LogP contribution in [0.15, 0.2) is 18.2 Å². The average Bonchev–Trinajstić information content (AvgIpc) is 2.84. The van der Waals surface area contributed by atoms with E-state index in [4.69, 9.17) is 5.10 Å². The van der Waals surface area contributed by atoms with E-state index in [0.717, 1.165) is 5.69 Å². The van der Waals surface area contributed by atoms with E-state index in [9.17, 15) is 0 Å². The fourth-order valence-electron chi connectivity index (χ4n) is 4.24. The summed E-state index contributed by atoms with van der Waals surface area (Å²) in [7, 11) is 2.03. The molecule has 0 amide bonds. The number of hydrogen-bond acceptors (Lipinski definition) is 1. The molecule has 0 N–H and O–H groups in total. The summed E-state index contributed by atoms with van der Waals surface area (Å²) < 4.78 is 2.28. The summed E-state index contributed by atoms with van der Waals surface area (Å²) in [4.78, 5) is 1.98. The zero-order valence-electron chi connectivity index (χ0n) is 15.6. The zero-order chi connectivity index (χ0) is 17.3. The van der Waals surface area contributed by atoms with E-state index in [-0.39, 0.29) is 0 Å². The van der Waals surface area contributed by atoms with E-state index < -0.39 is 0 Å². The van der Waals surface area contributed by atoms with Crippen molar-refractivity contribution in [1.82, 2.24) is 9.90 Å². The lowest BCUT2D eigenvalue weighted by Gasteiger charge is -2.16. The van der Waals surface area contributed by atoms with Crippen LogP contribution in [-0.2, 0) is 7.05 Å². The highest BCUT2D eigenvalue weighted by molar-refractivity contribution is 6.14. The quantitative estimate of drug-likeness (QED) is 0.350. The van der Waals surface area contributed by atoms with Crippen molar-refractivity contribution in [2.24, 2.45) is 7.05 Å². The lowest BCUT2D eigenvalue weighted by molar-refractivity contribution is -0.586. The van der Waals surface area contributed by atoms with Gasteiger partial charge >= 0.3 is 0 Å². The molecule has 0 spiro atoms. The molecular formula is C21H24N3+. The monoisotopic (exact) mass is 318 g/mol. The zero-order valence-corrected chi connectivity index (χ0v) is 15.6. The molecule has 24 heavy (non-hydrogen) atoms. The third-order valence-corrected chi connectivity index (χ3v) is 5.78. The third-order valence-electron chi connectivity index (χ3n) is 5.78. The van der Waals surface area contributed by atoms with Crippen LogP contribution >= 0.6 is 0 Å². The number of fused-ring (bicyclic) bond motifs is 6. The first-order valence-electron chi connectivity index (χ1n) is 8.51. The molecule has 0 aliphatic carbocycles. The van der Waals surface area contributed by atoms with Gasteiger partial charge in [0.1, 0.15) is 0 Å². The molecule has 4 aromatic rings. The van der Waals surface area contributed by atoms with Crippen molar-refractivity contribution in [2.45, 2.75) is 41.5 Å². The van der Waals surface area contributed by atoms with Crippen LogP contribution in [0.1, 0.15) is 33.5 Å². The van der Waals surface area contributed by atoms with Gasteiger partial charge in [-0.3, -0.25) is 0 Å². The first kappa shape index (κ1) is 15.1. The molecule has 0 aliphatic heterocycles. The second-order valence-corrected chi connectivity index (χ2v) is 7.06. The van der Waals surface area contributed by atoms with E-state index in [0.29, 0.717) is 0 Å². The molecule has 4 rings (SSSR count). The smallest absolute Gasteiger partial charge is 0.116 e. The van der Waals surface area contributed by atoms with Crippen LogP contribution in [0, 0.1) is 41.5 Å². The molecule has 3 nitrogen and oxygen atoms in total. The summed E-state index contributed by atoms with van der Waals surface area (Å²) in [6.45, 7) is 13.3. The van der Waals surface area contributed by atoms with E-state index in [1.165, 1.54) is 55.0 Å². The van der Waals surface area contributed by atoms with Crippen molar-refractivity contribution >= 4 is 27.2 Å². The number of pyridine rings is 1. The molecule has 0 unspecified atom stereocenters. The van der Waals surface area contributed by atoms with Gasteiger partial charge in [-0.15, -0.1) is 4.52 Å². The fourth-order valence-corrected chi connectivity index (χ4v) is 4.24. The lowest BCUT2D eigenvalue weighted by Crippen LogP contribution is -2.33. The highest BCUT2D eigenvalue weighted by atomic mass is 15.5. The Kier molecular flexibility index (Phi) is 3.02. The molecule has 2 aromatic heterocycles. The van der Waals surface area contributed by atoms with Gasteiger partial charge in [0.05, 0.1) is 7.05 Å². The Balaban J connectivity index is 2.56. The molecule has 3 heteroatoms. The highest BCUT2D eigenvalue weighted by Crippen LogP contribution is 2.36. The van der Waals surface area contributed by atoms with Crippen molar-refractivity contribution in [1.29, 1.82) is 0 Å². The van der Waals surface area contributed by atoms with Crippen LogP contribution < -0.4 is 4.52 Å². The molecule has 0 aliphatic rings. The SMILES string of the molecule is Cc1c(C)c(C)c2c(c1C)c1cccc(C)c1[n+]1c2c(C)nn1C. The van der Waals surface area contributed by atoms with Crippen LogP contribution in [0.5, 0.6) is 0 Å². The standard InChI is InChI=1S/C21H24N3/c1-11-9-8-10-17-18-14(4)12(2)13(3)15(5)19(18)21-16(6)22-23(7)24(21)20(11)17/h8-10H,1-7H3/q+1. The summed E-state index contributed by atoms with van der Waals surface area (Å²) >= 11 is 0. The minimum absolute atomic E-state index is 1.08. The van der Waals surface area contributed by atoms with E-state index in [1.54, 1.807) is 0 Å². The third kappa shape index (κ3) is 1.67. The summed E-state index contributed by atoms with van der Waals surface area (Å²) in [5, 5.41) is 8.77. The van der Waals surface area contributed by atoms with E-state index >= 15 is 0 Å². The Morgan fingerprint density at radius 2 is 1.42 bits per heavy atom. The summed E-state index contributed by atoms with van der Waals surface area (Å²) in [6.07, 6.45) is 0. The number of benzene rings is 2. The van der Waals surface area contributed by atoms with E-state index in [2.05, 4.69) is 64.3 Å². The van der Waals surface area contributed by atoms with Crippen molar-refractivity contribution in [3.05, 3.63) is 51.7 Å². The van der Waals surface area contributed by atoms with Crippen LogP contribution in [0.3, 0.4) is 0 Å². The maximum atomic E-state index is 4.73. The van der Waals surface area contributed by atoms with Gasteiger partial charge in [0.2, 0.25) is 11.2 Å². The number of aromatic nitrogens is 3. The van der Waals surface area contributed by atoms with Gasteiger partial charge in [-0.05, 0) is 73.3 Å². The molecule has 0 saturated carbocycles. The fraction of sp³-hybridized carbons (Fsp3) is 0.333. The number of nitrogens with zero attached hydrogens (tertiary/aromatic N) is 3. The normalized spacial score (nSPS) is 12.0. The Bertz CT molecular complexity index is 1160. The van der Waals surface area contributed by atoms with Gasteiger partial charge in [-0.25, -0.2) is 0 Å². The lowest BCUT2D eigenvalue weighted by atomic mass is 9.89. The summed E-state index contributed by atoms with van der Waals surface area (Å²) in [5.74, 6) is 0. The summed E-state index contributed by atoms with van der Waals surface area (Å²) in [6, 6.07) is 6.60. The minimum Gasteiger partial charge on any atom is -0.116 e. The van der Waals surface area contributed by atoms with Crippen molar-refractivity contribution in [3.8, 4) is 0 Å². The number of hydrogen-bond donors (Lipinski definition) is 0. The average molecular weight is 318 g/mol. The molecule has 0 saturated heterocycles. The maximum absolute atomic E-state index is 4.73. The second-order valence-electron chi connectivity index (χ2n) is 7.06. The Hall–Kier alpha value is -2.42. The largest absolute Gasteiger partial charge is 0.224 e. The van der Waals surface area contributed by atoms with Crippen LogP contribution in [0.2, 0.25) is 0 Å². The molecule has 0 bridgehead atoms. The molecule has 0 radical (unpaired) electrons. The molecule has 0 fully saturated rings. The van der Waals surface area contributed by atoms with Gasteiger partial charge in [-0.2, -0.15) is 0 Å². The van der Waals surface area contributed by atoms with Crippen molar-refractivity contribution in [3.63, 3.8) is 0 Å². The topological polar surface area (TPSA) is 21.9 Å². The molecule has 2 aromatic carbocycles. The maximum Gasteiger partial charge on any atom is 0.224 e. The Morgan fingerprint density at radius 3 is 2.08 bits per heavy atom. The summed E-state index contributed by atoms with van der Waals surface area (Å²) in [5.41, 5.74) is 10.4. The molecule has 122 valence electrons. The van der Waals surface area contributed by atoms with Gasteiger partial charge in [0.25, 0.3) is 0 Å². The van der Waals surface area contributed by atoms with Crippen molar-refractivity contribution < 1.29 is 4.52 Å². The van der Waals surface area contributed by atoms with Gasteiger partial charge < -0.3 is 0 Å². The Labute approximate surface area is 142 Å². The molecular weight excluding hydrogens is 294 g/mol. The van der Waals surface area contributed by atoms with Crippen LogP contribution in [0.25, 0.3) is 27.2 Å². The van der Waals surface area contributed by atoms with E-state index in [1.807, 2.05) is 11.8 Å². The van der Waals surface area contributed by atoms with Gasteiger partial charge in [0, 0.05) is 28.2 Å². The number of para-hydroxylation sites is 1. The minimum atomic E-state index is 1.08. The first-order chi connectivity index (χ1) is 11.3. The predicted octanol–water partition coefficient (Wildman–Crippen LogP) is 4.32. The second kappa shape index (κ2) is 4.79. The number of rotatable bonds is 0.